The van der Waals surface area contributed by atoms with Crippen molar-refractivity contribution in [1.82, 2.24) is 0 Å². The van der Waals surface area contributed by atoms with Crippen LogP contribution in [0.5, 0.6) is 5.75 Å². The van der Waals surface area contributed by atoms with Crippen molar-refractivity contribution in [3.63, 3.8) is 0 Å². The summed E-state index contributed by atoms with van der Waals surface area (Å²) in [6, 6.07) is 6.73. The lowest BCUT2D eigenvalue weighted by atomic mass is 10.2. The minimum absolute atomic E-state index is 0.303. The second-order valence-corrected chi connectivity index (χ2v) is 6.60. The van der Waals surface area contributed by atoms with Gasteiger partial charge in [-0.3, -0.25) is 4.57 Å². The number of hydrogen-bond acceptors (Lipinski definition) is 4. The Morgan fingerprint density at radius 3 is 2.35 bits per heavy atom. The topological polar surface area (TPSA) is 52.6 Å². The summed E-state index contributed by atoms with van der Waals surface area (Å²) in [6.07, 6.45) is 0.703. The van der Waals surface area contributed by atoms with E-state index in [-0.39, 0.29) is 0 Å². The van der Waals surface area contributed by atoms with Crippen LogP contribution in [0.15, 0.2) is 24.3 Å². The molecule has 0 N–H and O–H groups in total. The van der Waals surface area contributed by atoms with Crippen LogP contribution in [0.1, 0.15) is 24.2 Å². The first-order chi connectivity index (χ1) is 8.06. The standard InChI is InChI=1S/C12H17O4P/c1-4-17(14,5-2)16-12(13)10-8-6-7-9-11(10)15-3/h6-9H,4-5H2,1-3H3. The Balaban J connectivity index is 2.94. The van der Waals surface area contributed by atoms with Crippen LogP contribution in [0.4, 0.5) is 0 Å². The van der Waals surface area contributed by atoms with Gasteiger partial charge in [0.25, 0.3) is 7.37 Å². The number of ether oxygens (including phenoxy) is 1. The van der Waals surface area contributed by atoms with Crippen molar-refractivity contribution in [1.29, 1.82) is 0 Å². The summed E-state index contributed by atoms with van der Waals surface area (Å²) in [5.74, 6) is -0.161. The summed E-state index contributed by atoms with van der Waals surface area (Å²) >= 11 is 0. The van der Waals surface area contributed by atoms with Gasteiger partial charge in [-0.15, -0.1) is 0 Å². The average Bonchev–Trinajstić information content (AvgIpc) is 2.38. The Labute approximate surface area is 101 Å². The van der Waals surface area contributed by atoms with Crippen LogP contribution in [0.25, 0.3) is 0 Å². The van der Waals surface area contributed by atoms with Gasteiger partial charge in [0, 0.05) is 12.3 Å². The van der Waals surface area contributed by atoms with Gasteiger partial charge in [-0.1, -0.05) is 26.0 Å². The van der Waals surface area contributed by atoms with Gasteiger partial charge >= 0.3 is 5.97 Å². The molecule has 4 nitrogen and oxygen atoms in total. The Morgan fingerprint density at radius 1 is 1.24 bits per heavy atom. The molecule has 0 aromatic heterocycles. The summed E-state index contributed by atoms with van der Waals surface area (Å²) < 4.78 is 22.2. The lowest BCUT2D eigenvalue weighted by Crippen LogP contribution is -2.07. The number of carbonyl (C=O) groups excluding carboxylic acids is 1. The largest absolute Gasteiger partial charge is 0.496 e. The van der Waals surface area contributed by atoms with Gasteiger partial charge in [-0.2, -0.15) is 0 Å². The maximum atomic E-state index is 12.1. The molecule has 0 unspecified atom stereocenters. The molecular formula is C12H17O4P. The van der Waals surface area contributed by atoms with E-state index in [1.54, 1.807) is 38.1 Å². The van der Waals surface area contributed by atoms with E-state index in [9.17, 15) is 9.36 Å². The molecule has 0 spiro atoms. The highest BCUT2D eigenvalue weighted by molar-refractivity contribution is 7.59. The van der Waals surface area contributed by atoms with Crippen molar-refractivity contribution in [2.75, 3.05) is 19.4 Å². The highest BCUT2D eigenvalue weighted by atomic mass is 31.2. The molecule has 0 bridgehead atoms. The van der Waals surface area contributed by atoms with E-state index in [0.29, 0.717) is 23.6 Å². The van der Waals surface area contributed by atoms with Gasteiger partial charge in [-0.25, -0.2) is 4.79 Å². The zero-order valence-electron chi connectivity index (χ0n) is 10.3. The number of hydrogen-bond donors (Lipinski definition) is 0. The van der Waals surface area contributed by atoms with E-state index in [4.69, 9.17) is 9.26 Å². The first-order valence-electron chi connectivity index (χ1n) is 5.51. The molecule has 1 aromatic carbocycles. The fourth-order valence-electron chi connectivity index (χ4n) is 1.37. The Kier molecular flexibility index (Phi) is 4.76. The van der Waals surface area contributed by atoms with E-state index in [2.05, 4.69) is 0 Å². The van der Waals surface area contributed by atoms with Crippen LogP contribution in [-0.2, 0) is 9.09 Å². The number of rotatable bonds is 5. The van der Waals surface area contributed by atoms with Crippen LogP contribution in [0, 0.1) is 0 Å². The fraction of sp³-hybridized carbons (Fsp3) is 0.417. The third-order valence-corrected chi connectivity index (χ3v) is 4.97. The van der Waals surface area contributed by atoms with Gasteiger partial charge < -0.3 is 9.26 Å². The number of carbonyl (C=O) groups is 1. The third-order valence-electron chi connectivity index (χ3n) is 2.54. The molecule has 17 heavy (non-hydrogen) atoms. The smallest absolute Gasteiger partial charge is 0.346 e. The van der Waals surface area contributed by atoms with Crippen LogP contribution in [0.3, 0.4) is 0 Å². The quantitative estimate of drug-likeness (QED) is 0.759. The highest BCUT2D eigenvalue weighted by Crippen LogP contribution is 2.46. The van der Waals surface area contributed by atoms with Crippen molar-refractivity contribution in [2.45, 2.75) is 13.8 Å². The molecule has 0 aliphatic rings. The second kappa shape index (κ2) is 5.87. The molecule has 1 aromatic rings. The predicted molar refractivity (Wildman–Crippen MR) is 67.1 cm³/mol. The normalized spacial score (nSPS) is 11.0. The Bertz CT molecular complexity index is 434. The molecule has 0 saturated heterocycles. The van der Waals surface area contributed by atoms with Gasteiger partial charge in [0.2, 0.25) is 0 Å². The van der Waals surface area contributed by atoms with E-state index in [1.165, 1.54) is 7.11 Å². The zero-order chi connectivity index (χ0) is 12.9. The van der Waals surface area contributed by atoms with Gasteiger partial charge in [0.05, 0.1) is 7.11 Å². The maximum absolute atomic E-state index is 12.1. The Hall–Kier alpha value is -1.28. The summed E-state index contributed by atoms with van der Waals surface area (Å²) in [5.41, 5.74) is 0.303. The van der Waals surface area contributed by atoms with Crippen LogP contribution in [0.2, 0.25) is 0 Å². The van der Waals surface area contributed by atoms with Gasteiger partial charge in [0.1, 0.15) is 11.3 Å². The van der Waals surface area contributed by atoms with Crippen molar-refractivity contribution < 1.29 is 18.6 Å². The SMILES string of the molecule is CCP(=O)(CC)OC(=O)c1ccccc1OC. The highest BCUT2D eigenvalue weighted by Gasteiger charge is 2.24. The molecule has 0 heterocycles. The molecule has 0 aliphatic carbocycles. The van der Waals surface area contributed by atoms with Crippen LogP contribution >= 0.6 is 7.37 Å². The van der Waals surface area contributed by atoms with E-state index in [0.717, 1.165) is 0 Å². The van der Waals surface area contributed by atoms with E-state index in [1.807, 2.05) is 0 Å². The second-order valence-electron chi connectivity index (χ2n) is 3.53. The maximum Gasteiger partial charge on any atom is 0.346 e. The molecule has 0 atom stereocenters. The van der Waals surface area contributed by atoms with Crippen molar-refractivity contribution >= 4 is 13.3 Å². The summed E-state index contributed by atoms with van der Waals surface area (Å²) in [7, 11) is -1.36. The number of para-hydroxylation sites is 1. The molecule has 0 fully saturated rings. The monoisotopic (exact) mass is 256 g/mol. The van der Waals surface area contributed by atoms with Gasteiger partial charge in [0.15, 0.2) is 0 Å². The third kappa shape index (κ3) is 3.34. The van der Waals surface area contributed by atoms with Crippen molar-refractivity contribution in [3.8, 4) is 5.75 Å². The average molecular weight is 256 g/mol. The van der Waals surface area contributed by atoms with Crippen molar-refractivity contribution in [3.05, 3.63) is 29.8 Å². The minimum Gasteiger partial charge on any atom is -0.496 e. The predicted octanol–water partition coefficient (Wildman–Crippen LogP) is 3.17. The molecule has 5 heteroatoms. The minimum atomic E-state index is -2.84. The summed E-state index contributed by atoms with van der Waals surface area (Å²) in [5, 5.41) is 0. The molecular weight excluding hydrogens is 239 g/mol. The Morgan fingerprint density at radius 2 is 1.82 bits per heavy atom. The van der Waals surface area contributed by atoms with E-state index >= 15 is 0 Å². The summed E-state index contributed by atoms with van der Waals surface area (Å²) in [4.78, 5) is 11.9. The van der Waals surface area contributed by atoms with Gasteiger partial charge in [-0.05, 0) is 12.1 Å². The van der Waals surface area contributed by atoms with Crippen LogP contribution < -0.4 is 4.74 Å². The lowest BCUT2D eigenvalue weighted by Gasteiger charge is -2.15. The molecule has 0 amide bonds. The van der Waals surface area contributed by atoms with Crippen molar-refractivity contribution in [2.24, 2.45) is 0 Å². The molecule has 94 valence electrons. The summed E-state index contributed by atoms with van der Waals surface area (Å²) in [6.45, 7) is 3.50. The zero-order valence-corrected chi connectivity index (χ0v) is 11.2. The fourth-order valence-corrected chi connectivity index (χ4v) is 2.47. The molecule has 1 rings (SSSR count). The first-order valence-corrected chi connectivity index (χ1v) is 7.50. The lowest BCUT2D eigenvalue weighted by molar-refractivity contribution is 0.0737. The van der Waals surface area contributed by atoms with Crippen LogP contribution in [-0.4, -0.2) is 25.4 Å². The molecule has 0 radical (unpaired) electrons. The molecule has 0 aliphatic heterocycles. The molecule has 0 saturated carbocycles. The first kappa shape index (κ1) is 13.8. The van der Waals surface area contributed by atoms with E-state index < -0.39 is 13.3 Å². The number of benzene rings is 1. The number of methoxy groups -OCH3 is 1.